The van der Waals surface area contributed by atoms with E-state index in [1.165, 1.54) is 6.92 Å². The number of halogens is 1. The molecule has 30 heavy (non-hydrogen) atoms. The van der Waals surface area contributed by atoms with Crippen LogP contribution < -0.4 is 4.74 Å². The predicted octanol–water partition coefficient (Wildman–Crippen LogP) is 6.74. The van der Waals surface area contributed by atoms with Crippen molar-refractivity contribution in [2.24, 2.45) is 0 Å². The van der Waals surface area contributed by atoms with E-state index < -0.39 is 0 Å². The molecule has 2 heterocycles. The number of esters is 1. The second-order valence-corrected chi connectivity index (χ2v) is 7.99. The lowest BCUT2D eigenvalue weighted by Crippen LogP contribution is -2.00. The molecule has 0 saturated heterocycles. The molecule has 146 valence electrons. The molecule has 0 amide bonds. The second kappa shape index (κ2) is 7.43. The number of hydrogen-bond acceptors (Lipinski definition) is 3. The van der Waals surface area contributed by atoms with Gasteiger partial charge in [-0.1, -0.05) is 58.4 Å². The number of pyridine rings is 1. The van der Waals surface area contributed by atoms with Crippen molar-refractivity contribution in [3.8, 4) is 28.0 Å². The summed E-state index contributed by atoms with van der Waals surface area (Å²) in [6, 6.07) is 24.1. The number of hydrogen-bond donors (Lipinski definition) is 1. The van der Waals surface area contributed by atoms with Crippen molar-refractivity contribution < 1.29 is 9.53 Å². The van der Waals surface area contributed by atoms with Crippen molar-refractivity contribution in [3.63, 3.8) is 0 Å². The standard InChI is InChI=1S/C25H17BrN2O2/c1-15(29)30-19-11-12-22-20(13-19)24-23(17-5-3-2-4-6-17)21(14-27-25(24)28-22)16-7-9-18(26)10-8-16/h2-14H,1H3,(H,27,28). The average Bonchev–Trinajstić information content (AvgIpc) is 3.12. The van der Waals surface area contributed by atoms with Gasteiger partial charge in [-0.2, -0.15) is 0 Å². The summed E-state index contributed by atoms with van der Waals surface area (Å²) in [5.74, 6) is 0.176. The Bertz CT molecular complexity index is 1390. The Labute approximate surface area is 181 Å². The van der Waals surface area contributed by atoms with Gasteiger partial charge in [-0.05, 0) is 41.5 Å². The lowest BCUT2D eigenvalue weighted by atomic mass is 9.93. The van der Waals surface area contributed by atoms with Crippen LogP contribution in [0.15, 0.2) is 83.5 Å². The average molecular weight is 457 g/mol. The van der Waals surface area contributed by atoms with Gasteiger partial charge in [-0.3, -0.25) is 4.79 Å². The molecule has 5 heteroatoms. The maximum absolute atomic E-state index is 11.5. The van der Waals surface area contributed by atoms with Crippen molar-refractivity contribution in [2.45, 2.75) is 6.92 Å². The SMILES string of the molecule is CC(=O)Oc1ccc2[nH]c3ncc(-c4ccc(Br)cc4)c(-c4ccccc4)c3c2c1. The fourth-order valence-corrected chi connectivity index (χ4v) is 4.08. The van der Waals surface area contributed by atoms with E-state index in [4.69, 9.17) is 9.72 Å². The van der Waals surface area contributed by atoms with Gasteiger partial charge in [0.05, 0.1) is 0 Å². The Kier molecular flexibility index (Phi) is 4.60. The summed E-state index contributed by atoms with van der Waals surface area (Å²) in [4.78, 5) is 19.6. The topological polar surface area (TPSA) is 55.0 Å². The van der Waals surface area contributed by atoms with Gasteiger partial charge in [0.2, 0.25) is 0 Å². The Morgan fingerprint density at radius 1 is 0.967 bits per heavy atom. The van der Waals surface area contributed by atoms with Crippen LogP contribution in [-0.4, -0.2) is 15.9 Å². The molecule has 0 saturated carbocycles. The molecule has 0 fully saturated rings. The van der Waals surface area contributed by atoms with Gasteiger partial charge < -0.3 is 9.72 Å². The first-order valence-corrected chi connectivity index (χ1v) is 10.3. The van der Waals surface area contributed by atoms with Gasteiger partial charge >= 0.3 is 5.97 Å². The van der Waals surface area contributed by atoms with Gasteiger partial charge in [0, 0.05) is 45.0 Å². The number of carbonyl (C=O) groups excluding carboxylic acids is 1. The summed E-state index contributed by atoms with van der Waals surface area (Å²) >= 11 is 3.51. The number of fused-ring (bicyclic) bond motifs is 3. The molecule has 0 atom stereocenters. The van der Waals surface area contributed by atoms with Crippen LogP contribution in [0, 0.1) is 0 Å². The van der Waals surface area contributed by atoms with Gasteiger partial charge in [0.25, 0.3) is 0 Å². The third kappa shape index (κ3) is 3.27. The minimum atomic E-state index is -0.342. The third-order valence-corrected chi connectivity index (χ3v) is 5.60. The Morgan fingerprint density at radius 3 is 2.47 bits per heavy atom. The van der Waals surface area contributed by atoms with E-state index in [-0.39, 0.29) is 5.97 Å². The smallest absolute Gasteiger partial charge is 0.308 e. The molecule has 5 rings (SSSR count). The normalized spacial score (nSPS) is 11.1. The lowest BCUT2D eigenvalue weighted by molar-refractivity contribution is -0.131. The Morgan fingerprint density at radius 2 is 1.73 bits per heavy atom. The highest BCUT2D eigenvalue weighted by molar-refractivity contribution is 9.10. The van der Waals surface area contributed by atoms with E-state index in [0.29, 0.717) is 5.75 Å². The first-order valence-electron chi connectivity index (χ1n) is 9.54. The zero-order valence-electron chi connectivity index (χ0n) is 16.1. The van der Waals surface area contributed by atoms with Gasteiger partial charge in [0.1, 0.15) is 11.4 Å². The number of aromatic amines is 1. The number of nitrogens with zero attached hydrogens (tertiary/aromatic N) is 1. The first-order chi connectivity index (χ1) is 14.6. The van der Waals surface area contributed by atoms with Crippen molar-refractivity contribution in [3.05, 3.63) is 83.5 Å². The van der Waals surface area contributed by atoms with E-state index in [1.807, 2.05) is 48.7 Å². The largest absolute Gasteiger partial charge is 0.427 e. The highest BCUT2D eigenvalue weighted by Gasteiger charge is 2.17. The van der Waals surface area contributed by atoms with Gasteiger partial charge in [-0.15, -0.1) is 0 Å². The van der Waals surface area contributed by atoms with Crippen LogP contribution in [0.5, 0.6) is 5.75 Å². The number of rotatable bonds is 3. The number of H-pyrrole nitrogens is 1. The summed E-state index contributed by atoms with van der Waals surface area (Å²) in [7, 11) is 0. The molecule has 4 nitrogen and oxygen atoms in total. The number of nitrogens with one attached hydrogen (secondary N) is 1. The van der Waals surface area contributed by atoms with Crippen LogP contribution >= 0.6 is 15.9 Å². The highest BCUT2D eigenvalue weighted by atomic mass is 79.9. The van der Waals surface area contributed by atoms with Crippen LogP contribution in [0.1, 0.15) is 6.92 Å². The highest BCUT2D eigenvalue weighted by Crippen LogP contribution is 2.41. The third-order valence-electron chi connectivity index (χ3n) is 5.07. The van der Waals surface area contributed by atoms with Crippen molar-refractivity contribution >= 4 is 43.8 Å². The molecule has 0 aliphatic rings. The quantitative estimate of drug-likeness (QED) is 0.241. The van der Waals surface area contributed by atoms with Crippen LogP contribution in [0.25, 0.3) is 44.2 Å². The zero-order valence-corrected chi connectivity index (χ0v) is 17.7. The van der Waals surface area contributed by atoms with Crippen LogP contribution in [0.4, 0.5) is 0 Å². The maximum atomic E-state index is 11.5. The van der Waals surface area contributed by atoms with Gasteiger partial charge in [0.15, 0.2) is 0 Å². The summed E-state index contributed by atoms with van der Waals surface area (Å²) in [6.07, 6.45) is 1.91. The number of carbonyl (C=O) groups is 1. The van der Waals surface area contributed by atoms with E-state index in [2.05, 4.69) is 45.2 Å². The molecule has 3 aromatic carbocycles. The second-order valence-electron chi connectivity index (χ2n) is 7.07. The molecule has 1 N–H and O–H groups in total. The number of aromatic nitrogens is 2. The van der Waals surface area contributed by atoms with Gasteiger partial charge in [-0.25, -0.2) is 4.98 Å². The minimum absolute atomic E-state index is 0.342. The molecular formula is C25H17BrN2O2. The fraction of sp³-hybridized carbons (Fsp3) is 0.0400. The molecule has 0 bridgehead atoms. The molecule has 0 spiro atoms. The predicted molar refractivity (Wildman–Crippen MR) is 123 cm³/mol. The summed E-state index contributed by atoms with van der Waals surface area (Å²) < 4.78 is 6.36. The van der Waals surface area contributed by atoms with Crippen molar-refractivity contribution in [2.75, 3.05) is 0 Å². The molecular weight excluding hydrogens is 440 g/mol. The van der Waals surface area contributed by atoms with Crippen LogP contribution in [-0.2, 0) is 4.79 Å². The maximum Gasteiger partial charge on any atom is 0.308 e. The van der Waals surface area contributed by atoms with Crippen molar-refractivity contribution in [1.29, 1.82) is 0 Å². The monoisotopic (exact) mass is 456 g/mol. The fourth-order valence-electron chi connectivity index (χ4n) is 3.82. The Hall–Kier alpha value is -3.44. The van der Waals surface area contributed by atoms with Crippen molar-refractivity contribution in [1.82, 2.24) is 9.97 Å². The molecule has 0 aliphatic carbocycles. The summed E-state index contributed by atoms with van der Waals surface area (Å²) in [5.41, 5.74) is 6.05. The van der Waals surface area contributed by atoms with E-state index >= 15 is 0 Å². The molecule has 2 aromatic heterocycles. The van der Waals surface area contributed by atoms with Crippen LogP contribution in [0.2, 0.25) is 0 Å². The number of ether oxygens (including phenoxy) is 1. The molecule has 0 radical (unpaired) electrons. The van der Waals surface area contributed by atoms with Crippen LogP contribution in [0.3, 0.4) is 0 Å². The number of benzene rings is 3. The summed E-state index contributed by atoms with van der Waals surface area (Å²) in [6.45, 7) is 1.40. The zero-order chi connectivity index (χ0) is 20.7. The first kappa shape index (κ1) is 18.6. The van der Waals surface area contributed by atoms with E-state index in [0.717, 1.165) is 48.7 Å². The molecule has 0 unspecified atom stereocenters. The Balaban J connectivity index is 1.87. The summed E-state index contributed by atoms with van der Waals surface area (Å²) in [5, 5.41) is 1.97. The van der Waals surface area contributed by atoms with E-state index in [9.17, 15) is 4.79 Å². The minimum Gasteiger partial charge on any atom is -0.427 e. The van der Waals surface area contributed by atoms with E-state index in [1.54, 1.807) is 6.07 Å². The lowest BCUT2D eigenvalue weighted by Gasteiger charge is -2.12. The molecule has 5 aromatic rings. The molecule has 0 aliphatic heterocycles.